The molecule has 172 valence electrons. The van der Waals surface area contributed by atoms with Crippen LogP contribution in [0.1, 0.15) is 117 Å². The Morgan fingerprint density at radius 3 is 1.72 bits per heavy atom. The molecule has 1 heterocycles. The van der Waals surface area contributed by atoms with Crippen molar-refractivity contribution in [3.8, 4) is 0 Å². The second-order valence-electron chi connectivity index (χ2n) is 8.91. The van der Waals surface area contributed by atoms with Gasteiger partial charge < -0.3 is 19.9 Å². The van der Waals surface area contributed by atoms with Crippen LogP contribution in [0.5, 0.6) is 0 Å². The first-order valence-corrected chi connectivity index (χ1v) is 12.3. The predicted octanol–water partition coefficient (Wildman–Crippen LogP) is 6.12. The SMILES string of the molecule is CCCCCCCCCCCCCCCCCCNC(=O)OC1COC1(C)CO. The fraction of sp³-hybridized carbons (Fsp3) is 0.958. The summed E-state index contributed by atoms with van der Waals surface area (Å²) in [5.74, 6) is 0. The van der Waals surface area contributed by atoms with Gasteiger partial charge in [0.25, 0.3) is 0 Å². The molecule has 0 spiro atoms. The molecule has 0 aliphatic carbocycles. The van der Waals surface area contributed by atoms with Crippen molar-refractivity contribution >= 4 is 6.09 Å². The minimum atomic E-state index is -0.731. The summed E-state index contributed by atoms with van der Waals surface area (Å²) >= 11 is 0. The molecule has 2 unspecified atom stereocenters. The molecular weight excluding hydrogens is 366 g/mol. The summed E-state index contributed by atoms with van der Waals surface area (Å²) in [4.78, 5) is 11.7. The molecule has 1 saturated heterocycles. The zero-order valence-electron chi connectivity index (χ0n) is 19.2. The van der Waals surface area contributed by atoms with Crippen molar-refractivity contribution in [1.82, 2.24) is 5.32 Å². The van der Waals surface area contributed by atoms with Crippen LogP contribution in [-0.2, 0) is 9.47 Å². The molecule has 5 heteroatoms. The van der Waals surface area contributed by atoms with Crippen LogP contribution in [0.4, 0.5) is 4.79 Å². The van der Waals surface area contributed by atoms with Crippen molar-refractivity contribution in [1.29, 1.82) is 0 Å². The molecule has 1 fully saturated rings. The van der Waals surface area contributed by atoms with Crippen molar-refractivity contribution < 1.29 is 19.4 Å². The van der Waals surface area contributed by atoms with E-state index < -0.39 is 11.7 Å². The van der Waals surface area contributed by atoms with Gasteiger partial charge in [0.15, 0.2) is 6.10 Å². The highest BCUT2D eigenvalue weighted by Gasteiger charge is 2.46. The molecule has 5 nitrogen and oxygen atoms in total. The largest absolute Gasteiger partial charge is 0.441 e. The Balaban J connectivity index is 1.75. The Hall–Kier alpha value is -0.810. The summed E-state index contributed by atoms with van der Waals surface area (Å²) in [5, 5.41) is 12.0. The van der Waals surface area contributed by atoms with Crippen molar-refractivity contribution in [2.24, 2.45) is 0 Å². The lowest BCUT2D eigenvalue weighted by atomic mass is 9.95. The van der Waals surface area contributed by atoms with Crippen LogP contribution in [0, 0.1) is 0 Å². The van der Waals surface area contributed by atoms with Crippen LogP contribution in [0.25, 0.3) is 0 Å². The molecule has 2 N–H and O–H groups in total. The molecule has 1 amide bonds. The quantitative estimate of drug-likeness (QED) is 0.250. The molecule has 0 saturated carbocycles. The number of ether oxygens (including phenoxy) is 2. The third-order valence-corrected chi connectivity index (χ3v) is 6.11. The van der Waals surface area contributed by atoms with Gasteiger partial charge in [-0.2, -0.15) is 0 Å². The van der Waals surface area contributed by atoms with E-state index in [1.54, 1.807) is 6.92 Å². The number of unbranched alkanes of at least 4 members (excludes halogenated alkanes) is 15. The van der Waals surface area contributed by atoms with E-state index in [9.17, 15) is 9.90 Å². The molecule has 0 radical (unpaired) electrons. The normalized spacial score (nSPS) is 21.0. The van der Waals surface area contributed by atoms with E-state index >= 15 is 0 Å². The number of hydrogen-bond donors (Lipinski definition) is 2. The number of rotatable bonds is 19. The standard InChI is InChI=1S/C24H47NO4/c1-3-4-5-6-7-8-9-10-11-12-13-14-15-16-17-18-19-25-23(27)29-22-20-28-24(22,2)21-26/h22,26H,3-21H2,1-2H3,(H,25,27). The predicted molar refractivity (Wildman–Crippen MR) is 119 cm³/mol. The van der Waals surface area contributed by atoms with Crippen LogP contribution >= 0.6 is 0 Å². The summed E-state index contributed by atoms with van der Waals surface area (Å²) in [6, 6.07) is 0. The van der Waals surface area contributed by atoms with E-state index in [0.29, 0.717) is 13.2 Å². The van der Waals surface area contributed by atoms with Gasteiger partial charge in [0.1, 0.15) is 5.60 Å². The van der Waals surface area contributed by atoms with Gasteiger partial charge in [-0.3, -0.25) is 0 Å². The highest BCUT2D eigenvalue weighted by atomic mass is 16.6. The van der Waals surface area contributed by atoms with Crippen LogP contribution in [0.3, 0.4) is 0 Å². The molecule has 0 aromatic carbocycles. The van der Waals surface area contributed by atoms with Gasteiger partial charge in [0.2, 0.25) is 0 Å². The highest BCUT2D eigenvalue weighted by molar-refractivity contribution is 5.67. The van der Waals surface area contributed by atoms with Crippen LogP contribution in [-0.4, -0.2) is 42.7 Å². The first kappa shape index (κ1) is 26.2. The van der Waals surface area contributed by atoms with Crippen molar-refractivity contribution in [3.05, 3.63) is 0 Å². The third kappa shape index (κ3) is 12.5. The molecular formula is C24H47NO4. The van der Waals surface area contributed by atoms with Gasteiger partial charge in [-0.05, 0) is 13.3 Å². The smallest absolute Gasteiger partial charge is 0.407 e. The minimum Gasteiger partial charge on any atom is -0.441 e. The Labute approximate surface area is 179 Å². The molecule has 1 aliphatic rings. The van der Waals surface area contributed by atoms with Crippen molar-refractivity contribution in [2.45, 2.75) is 128 Å². The number of carbonyl (C=O) groups excluding carboxylic acids is 1. The number of nitrogens with one attached hydrogen (secondary N) is 1. The van der Waals surface area contributed by atoms with Crippen LogP contribution < -0.4 is 5.32 Å². The van der Waals surface area contributed by atoms with E-state index in [0.717, 1.165) is 12.8 Å². The van der Waals surface area contributed by atoms with Gasteiger partial charge in [0.05, 0.1) is 13.2 Å². The zero-order chi connectivity index (χ0) is 21.2. The van der Waals surface area contributed by atoms with E-state index in [1.807, 2.05) is 0 Å². The summed E-state index contributed by atoms with van der Waals surface area (Å²) in [7, 11) is 0. The first-order chi connectivity index (χ1) is 14.1. The lowest BCUT2D eigenvalue weighted by Crippen LogP contribution is -2.60. The van der Waals surface area contributed by atoms with E-state index in [-0.39, 0.29) is 12.7 Å². The molecule has 1 aliphatic heterocycles. The second kappa shape index (κ2) is 16.9. The molecule has 2 atom stereocenters. The maximum absolute atomic E-state index is 11.7. The van der Waals surface area contributed by atoms with E-state index in [4.69, 9.17) is 9.47 Å². The summed E-state index contributed by atoms with van der Waals surface area (Å²) < 4.78 is 10.6. The maximum Gasteiger partial charge on any atom is 0.407 e. The lowest BCUT2D eigenvalue weighted by molar-refractivity contribution is -0.241. The Bertz CT molecular complexity index is 400. The number of aliphatic hydroxyl groups excluding tert-OH is 1. The molecule has 1 rings (SSSR count). The monoisotopic (exact) mass is 413 g/mol. The average molecular weight is 414 g/mol. The fourth-order valence-electron chi connectivity index (χ4n) is 3.78. The number of carbonyl (C=O) groups is 1. The first-order valence-electron chi connectivity index (χ1n) is 12.3. The van der Waals surface area contributed by atoms with E-state index in [1.165, 1.54) is 89.9 Å². The van der Waals surface area contributed by atoms with Gasteiger partial charge in [0, 0.05) is 6.54 Å². The Morgan fingerprint density at radius 1 is 0.897 bits per heavy atom. The average Bonchev–Trinajstić information content (AvgIpc) is 2.72. The van der Waals surface area contributed by atoms with Gasteiger partial charge in [-0.1, -0.05) is 103 Å². The Kier molecular flexibility index (Phi) is 15.3. The molecule has 0 bridgehead atoms. The Morgan fingerprint density at radius 2 is 1.34 bits per heavy atom. The molecule has 0 aromatic heterocycles. The number of alkyl carbamates (subject to hydrolysis) is 1. The van der Waals surface area contributed by atoms with E-state index in [2.05, 4.69) is 12.2 Å². The number of aliphatic hydroxyl groups is 1. The number of hydrogen-bond acceptors (Lipinski definition) is 4. The van der Waals surface area contributed by atoms with Gasteiger partial charge >= 0.3 is 6.09 Å². The lowest BCUT2D eigenvalue weighted by Gasteiger charge is -2.44. The summed E-state index contributed by atoms with van der Waals surface area (Å²) in [6.45, 7) is 4.91. The zero-order valence-corrected chi connectivity index (χ0v) is 19.2. The molecule has 0 aromatic rings. The van der Waals surface area contributed by atoms with Gasteiger partial charge in [-0.15, -0.1) is 0 Å². The highest BCUT2D eigenvalue weighted by Crippen LogP contribution is 2.28. The topological polar surface area (TPSA) is 67.8 Å². The fourth-order valence-corrected chi connectivity index (χ4v) is 3.78. The van der Waals surface area contributed by atoms with Crippen LogP contribution in [0.2, 0.25) is 0 Å². The summed E-state index contributed by atoms with van der Waals surface area (Å²) in [6.07, 6.45) is 20.8. The van der Waals surface area contributed by atoms with Gasteiger partial charge in [-0.25, -0.2) is 4.79 Å². The summed E-state index contributed by atoms with van der Waals surface area (Å²) in [5.41, 5.74) is -0.731. The minimum absolute atomic E-state index is 0.135. The molecule has 29 heavy (non-hydrogen) atoms. The van der Waals surface area contributed by atoms with Crippen molar-refractivity contribution in [2.75, 3.05) is 19.8 Å². The third-order valence-electron chi connectivity index (χ3n) is 6.11. The second-order valence-corrected chi connectivity index (χ2v) is 8.91. The number of amides is 1. The van der Waals surface area contributed by atoms with Crippen LogP contribution in [0.15, 0.2) is 0 Å². The maximum atomic E-state index is 11.7. The van der Waals surface area contributed by atoms with Crippen molar-refractivity contribution in [3.63, 3.8) is 0 Å².